The van der Waals surface area contributed by atoms with Crippen LogP contribution in [0.1, 0.15) is 33.6 Å². The summed E-state index contributed by atoms with van der Waals surface area (Å²) in [6.07, 6.45) is 6.83. The molecule has 0 bridgehead atoms. The van der Waals surface area contributed by atoms with Gasteiger partial charge in [-0.25, -0.2) is 0 Å². The first-order valence-electron chi connectivity index (χ1n) is 5.29. The lowest BCUT2D eigenvalue weighted by Gasteiger charge is -2.28. The van der Waals surface area contributed by atoms with Crippen LogP contribution in [0.2, 0.25) is 18.6 Å². The van der Waals surface area contributed by atoms with Crippen LogP contribution in [0.15, 0.2) is 12.2 Å². The van der Waals surface area contributed by atoms with Crippen molar-refractivity contribution in [3.63, 3.8) is 0 Å². The van der Waals surface area contributed by atoms with Gasteiger partial charge in [0, 0.05) is 6.61 Å². The van der Waals surface area contributed by atoms with E-state index in [0.29, 0.717) is 0 Å². The highest BCUT2D eigenvalue weighted by molar-refractivity contribution is 6.72. The average Bonchev–Trinajstić information content (AvgIpc) is 2.04. The van der Waals surface area contributed by atoms with E-state index in [1.54, 1.807) is 0 Å². The summed E-state index contributed by atoms with van der Waals surface area (Å²) in [4.78, 5) is 0. The minimum atomic E-state index is -1.39. The maximum Gasteiger partial charge on any atom is 0.189 e. The van der Waals surface area contributed by atoms with E-state index in [2.05, 4.69) is 46.0 Å². The summed E-state index contributed by atoms with van der Waals surface area (Å²) < 4.78 is 5.84. The van der Waals surface area contributed by atoms with Gasteiger partial charge in [-0.15, -0.1) is 0 Å². The van der Waals surface area contributed by atoms with Crippen molar-refractivity contribution < 1.29 is 4.43 Å². The number of allylic oxidation sites excluding steroid dienone is 2. The molecule has 0 radical (unpaired) electrons. The molecular formula is C11H24OSi. The van der Waals surface area contributed by atoms with E-state index in [4.69, 9.17) is 4.43 Å². The van der Waals surface area contributed by atoms with Crippen molar-refractivity contribution in [2.45, 2.75) is 52.2 Å². The normalized spacial score (nSPS) is 15.2. The lowest BCUT2D eigenvalue weighted by atomic mass is 10.2. The van der Waals surface area contributed by atoms with E-state index in [0.717, 1.165) is 12.1 Å². The highest BCUT2D eigenvalue weighted by Gasteiger charge is 2.28. The van der Waals surface area contributed by atoms with Crippen LogP contribution in [0.3, 0.4) is 0 Å². The van der Waals surface area contributed by atoms with Crippen LogP contribution in [-0.2, 0) is 4.43 Å². The van der Waals surface area contributed by atoms with Crippen LogP contribution >= 0.6 is 0 Å². The zero-order valence-electron chi connectivity index (χ0n) is 9.76. The van der Waals surface area contributed by atoms with Gasteiger partial charge in [-0.1, -0.05) is 19.1 Å². The Balaban J connectivity index is 3.85. The van der Waals surface area contributed by atoms with Crippen molar-refractivity contribution in [1.82, 2.24) is 0 Å². The third-order valence-corrected chi connectivity index (χ3v) is 6.40. The summed E-state index contributed by atoms with van der Waals surface area (Å²) in [5.74, 6) is 0. The molecule has 0 heterocycles. The fourth-order valence-corrected chi connectivity index (χ4v) is 3.27. The van der Waals surface area contributed by atoms with Crippen molar-refractivity contribution in [1.29, 1.82) is 0 Å². The second-order valence-electron chi connectivity index (χ2n) is 4.08. The summed E-state index contributed by atoms with van der Waals surface area (Å²) >= 11 is 0. The lowest BCUT2D eigenvalue weighted by molar-refractivity contribution is 0.319. The maximum absolute atomic E-state index is 5.84. The van der Waals surface area contributed by atoms with Crippen LogP contribution in [0.25, 0.3) is 0 Å². The molecule has 0 saturated heterocycles. The maximum atomic E-state index is 5.84. The van der Waals surface area contributed by atoms with Crippen molar-refractivity contribution in [3.05, 3.63) is 12.2 Å². The van der Waals surface area contributed by atoms with Crippen LogP contribution in [-0.4, -0.2) is 14.9 Å². The van der Waals surface area contributed by atoms with Crippen LogP contribution in [0.5, 0.6) is 0 Å². The first-order chi connectivity index (χ1) is 6.04. The van der Waals surface area contributed by atoms with E-state index < -0.39 is 8.32 Å². The van der Waals surface area contributed by atoms with E-state index in [1.807, 2.05) is 0 Å². The van der Waals surface area contributed by atoms with Gasteiger partial charge >= 0.3 is 0 Å². The molecule has 1 unspecified atom stereocenters. The van der Waals surface area contributed by atoms with E-state index in [9.17, 15) is 0 Å². The highest BCUT2D eigenvalue weighted by Crippen LogP contribution is 2.27. The van der Waals surface area contributed by atoms with Gasteiger partial charge in [-0.2, -0.15) is 0 Å². The van der Waals surface area contributed by atoms with E-state index in [1.165, 1.54) is 12.8 Å². The Kier molecular flexibility index (Phi) is 6.34. The monoisotopic (exact) mass is 200 g/mol. The fourth-order valence-electron chi connectivity index (χ4n) is 1.37. The Labute approximate surface area is 84.3 Å². The topological polar surface area (TPSA) is 9.23 Å². The van der Waals surface area contributed by atoms with Gasteiger partial charge in [0.2, 0.25) is 0 Å². The minimum absolute atomic E-state index is 0.753. The van der Waals surface area contributed by atoms with E-state index in [-0.39, 0.29) is 0 Å². The molecule has 2 heteroatoms. The van der Waals surface area contributed by atoms with Crippen molar-refractivity contribution in [2.75, 3.05) is 6.61 Å². The second kappa shape index (κ2) is 6.38. The molecule has 0 aromatic heterocycles. The highest BCUT2D eigenvalue weighted by atomic mass is 28.4. The molecule has 0 aromatic carbocycles. The molecule has 0 saturated carbocycles. The van der Waals surface area contributed by atoms with Crippen molar-refractivity contribution in [2.24, 2.45) is 0 Å². The smallest absolute Gasteiger partial charge is 0.189 e. The largest absolute Gasteiger partial charge is 0.417 e. The Bertz CT molecular complexity index is 152. The second-order valence-corrected chi connectivity index (χ2v) is 8.57. The van der Waals surface area contributed by atoms with Gasteiger partial charge in [-0.3, -0.25) is 0 Å². The van der Waals surface area contributed by atoms with Crippen molar-refractivity contribution in [3.8, 4) is 0 Å². The predicted octanol–water partition coefficient (Wildman–Crippen LogP) is 3.97. The predicted molar refractivity (Wildman–Crippen MR) is 62.6 cm³/mol. The van der Waals surface area contributed by atoms with Gasteiger partial charge in [0.05, 0.1) is 0 Å². The van der Waals surface area contributed by atoms with Crippen LogP contribution in [0, 0.1) is 0 Å². The zero-order chi connectivity index (χ0) is 10.3. The molecule has 0 aliphatic carbocycles. The summed E-state index contributed by atoms with van der Waals surface area (Å²) in [6.45, 7) is 12.0. The molecule has 78 valence electrons. The summed E-state index contributed by atoms with van der Waals surface area (Å²) in [5.41, 5.74) is 0.753. The van der Waals surface area contributed by atoms with E-state index >= 15 is 0 Å². The van der Waals surface area contributed by atoms with Crippen LogP contribution < -0.4 is 0 Å². The molecule has 0 rings (SSSR count). The molecule has 0 spiro atoms. The number of hydrogen-bond acceptors (Lipinski definition) is 1. The SMILES string of the molecule is CC=CCCC(C)[Si](C)(C)OCC. The Morgan fingerprint density at radius 2 is 2.00 bits per heavy atom. The lowest BCUT2D eigenvalue weighted by Crippen LogP contribution is -2.35. The van der Waals surface area contributed by atoms with Gasteiger partial charge in [0.15, 0.2) is 8.32 Å². The molecule has 0 N–H and O–H groups in total. The molecule has 0 aliphatic heterocycles. The fraction of sp³-hybridized carbons (Fsp3) is 0.818. The number of hydrogen-bond donors (Lipinski definition) is 0. The average molecular weight is 200 g/mol. The third kappa shape index (κ3) is 5.27. The first kappa shape index (κ1) is 12.9. The Morgan fingerprint density at radius 3 is 2.46 bits per heavy atom. The van der Waals surface area contributed by atoms with Gasteiger partial charge < -0.3 is 4.43 Å². The molecular weight excluding hydrogens is 176 g/mol. The molecule has 13 heavy (non-hydrogen) atoms. The summed E-state index contributed by atoms with van der Waals surface area (Å²) in [5, 5.41) is 0. The number of rotatable bonds is 6. The summed E-state index contributed by atoms with van der Waals surface area (Å²) in [7, 11) is -1.39. The molecule has 1 nitrogen and oxygen atoms in total. The zero-order valence-corrected chi connectivity index (χ0v) is 10.8. The van der Waals surface area contributed by atoms with Gasteiger partial charge in [0.1, 0.15) is 0 Å². The molecule has 0 amide bonds. The van der Waals surface area contributed by atoms with Gasteiger partial charge in [-0.05, 0) is 45.3 Å². The standard InChI is InChI=1S/C11H24OSi/c1-6-8-9-10-11(3)13(4,5)12-7-2/h6,8,11H,7,9-10H2,1-5H3. The molecule has 0 fully saturated rings. The first-order valence-corrected chi connectivity index (χ1v) is 8.28. The van der Waals surface area contributed by atoms with Crippen LogP contribution in [0.4, 0.5) is 0 Å². The Morgan fingerprint density at radius 1 is 1.38 bits per heavy atom. The van der Waals surface area contributed by atoms with Gasteiger partial charge in [0.25, 0.3) is 0 Å². The quantitative estimate of drug-likeness (QED) is 0.465. The minimum Gasteiger partial charge on any atom is -0.417 e. The van der Waals surface area contributed by atoms with Crippen molar-refractivity contribution >= 4 is 8.32 Å². The Hall–Kier alpha value is -0.0831. The summed E-state index contributed by atoms with van der Waals surface area (Å²) in [6, 6.07) is 0. The third-order valence-electron chi connectivity index (χ3n) is 2.71. The molecule has 0 aromatic rings. The molecule has 1 atom stereocenters. The molecule has 0 aliphatic rings.